The molecule has 1 saturated heterocycles. The Morgan fingerprint density at radius 2 is 1.76 bits per heavy atom. The smallest absolute Gasteiger partial charge is 0.295 e. The molecule has 33 heavy (non-hydrogen) atoms. The van der Waals surface area contributed by atoms with E-state index in [9.17, 15) is 14.7 Å². The highest BCUT2D eigenvalue weighted by Crippen LogP contribution is 2.40. The highest BCUT2D eigenvalue weighted by Gasteiger charge is 2.45. The van der Waals surface area contributed by atoms with Crippen molar-refractivity contribution in [3.8, 4) is 11.5 Å². The normalized spacial score (nSPS) is 17.4. The summed E-state index contributed by atoms with van der Waals surface area (Å²) in [7, 11) is 1.53. The lowest BCUT2D eigenvalue weighted by molar-refractivity contribution is -0.140. The second kappa shape index (κ2) is 11.5. The van der Waals surface area contributed by atoms with Crippen LogP contribution in [0.3, 0.4) is 0 Å². The van der Waals surface area contributed by atoms with Gasteiger partial charge in [0, 0.05) is 19.2 Å². The fourth-order valence-electron chi connectivity index (χ4n) is 3.78. The number of unbranched alkanes of at least 4 members (excludes halogenated alkanes) is 1. The molecule has 1 fully saturated rings. The number of hydrogen-bond donors (Lipinski definition) is 1. The van der Waals surface area contributed by atoms with Gasteiger partial charge in [0.1, 0.15) is 17.3 Å². The highest BCUT2D eigenvalue weighted by molar-refractivity contribution is 6.46. The summed E-state index contributed by atoms with van der Waals surface area (Å²) in [5.41, 5.74) is 1.17. The zero-order valence-corrected chi connectivity index (χ0v) is 19.4. The maximum Gasteiger partial charge on any atom is 0.295 e. The monoisotopic (exact) mass is 453 g/mol. The number of methoxy groups -OCH3 is 1. The Balaban J connectivity index is 2.04. The van der Waals surface area contributed by atoms with Crippen molar-refractivity contribution in [2.24, 2.45) is 0 Å². The van der Waals surface area contributed by atoms with Crippen molar-refractivity contribution in [2.75, 3.05) is 33.5 Å². The van der Waals surface area contributed by atoms with Crippen LogP contribution in [-0.2, 0) is 14.3 Å². The van der Waals surface area contributed by atoms with Gasteiger partial charge in [0.15, 0.2) is 0 Å². The zero-order valence-electron chi connectivity index (χ0n) is 19.4. The maximum atomic E-state index is 13.0. The van der Waals surface area contributed by atoms with Gasteiger partial charge in [-0.1, -0.05) is 37.6 Å². The van der Waals surface area contributed by atoms with Crippen LogP contribution in [-0.4, -0.2) is 55.2 Å². The molecule has 2 aromatic carbocycles. The van der Waals surface area contributed by atoms with Crippen LogP contribution in [0.15, 0.2) is 54.1 Å². The molecule has 1 heterocycles. The molecule has 2 aromatic rings. The van der Waals surface area contributed by atoms with Crippen LogP contribution in [0.25, 0.3) is 5.76 Å². The van der Waals surface area contributed by atoms with Gasteiger partial charge in [0.2, 0.25) is 0 Å². The summed E-state index contributed by atoms with van der Waals surface area (Å²) in [6.45, 7) is 5.55. The van der Waals surface area contributed by atoms with Crippen LogP contribution in [0.5, 0.6) is 11.5 Å². The zero-order chi connectivity index (χ0) is 23.8. The largest absolute Gasteiger partial charge is 0.507 e. The number of carbonyl (C=O) groups is 2. The quantitative estimate of drug-likeness (QED) is 0.236. The van der Waals surface area contributed by atoms with Crippen LogP contribution in [0.2, 0.25) is 0 Å². The van der Waals surface area contributed by atoms with E-state index in [1.807, 2.05) is 6.92 Å². The van der Waals surface area contributed by atoms with Crippen molar-refractivity contribution in [1.29, 1.82) is 0 Å². The Labute approximate surface area is 194 Å². The molecule has 0 radical (unpaired) electrons. The SMILES string of the molecule is CCCCOc1cccc(/C(O)=C2\C(=O)C(=O)N(CCOC)C2c2ccc(OCC)cc2)c1. The lowest BCUT2D eigenvalue weighted by Crippen LogP contribution is -2.32. The van der Waals surface area contributed by atoms with E-state index in [1.54, 1.807) is 48.5 Å². The molecule has 1 N–H and O–H groups in total. The molecule has 1 atom stereocenters. The summed E-state index contributed by atoms with van der Waals surface area (Å²) in [5, 5.41) is 11.2. The third kappa shape index (κ3) is 5.54. The second-order valence-electron chi connectivity index (χ2n) is 7.72. The fourth-order valence-corrected chi connectivity index (χ4v) is 3.78. The van der Waals surface area contributed by atoms with E-state index in [1.165, 1.54) is 12.0 Å². The molecule has 7 nitrogen and oxygen atoms in total. The minimum atomic E-state index is -0.736. The number of aliphatic hydroxyl groups is 1. The third-order valence-corrected chi connectivity index (χ3v) is 5.46. The van der Waals surface area contributed by atoms with E-state index in [-0.39, 0.29) is 24.5 Å². The molecule has 176 valence electrons. The summed E-state index contributed by atoms with van der Waals surface area (Å²) in [5.74, 6) is -0.332. The van der Waals surface area contributed by atoms with Crippen LogP contribution >= 0.6 is 0 Å². The van der Waals surface area contributed by atoms with Gasteiger partial charge < -0.3 is 24.2 Å². The summed E-state index contributed by atoms with van der Waals surface area (Å²) >= 11 is 0. The van der Waals surface area contributed by atoms with Crippen molar-refractivity contribution in [2.45, 2.75) is 32.7 Å². The van der Waals surface area contributed by atoms with Gasteiger partial charge in [-0.05, 0) is 43.2 Å². The predicted octanol–water partition coefficient (Wildman–Crippen LogP) is 4.33. The number of ketones is 1. The molecule has 1 aliphatic rings. The molecule has 1 aliphatic heterocycles. The molecule has 0 aliphatic carbocycles. The summed E-state index contributed by atoms with van der Waals surface area (Å²) in [6, 6.07) is 13.4. The van der Waals surface area contributed by atoms with Gasteiger partial charge in [0.25, 0.3) is 11.7 Å². The van der Waals surface area contributed by atoms with Gasteiger partial charge >= 0.3 is 0 Å². The number of benzene rings is 2. The standard InChI is InChI=1S/C26H31NO6/c1-4-6-15-33-21-9-7-8-19(17-21)24(28)22-23(18-10-12-20(13-11-18)32-5-2)27(14-16-31-3)26(30)25(22)29/h7-13,17,23,28H,4-6,14-16H2,1-3H3/b24-22+. The first kappa shape index (κ1) is 24.3. The van der Waals surface area contributed by atoms with Crippen LogP contribution in [0.1, 0.15) is 43.9 Å². The van der Waals surface area contributed by atoms with E-state index >= 15 is 0 Å². The van der Waals surface area contributed by atoms with Crippen LogP contribution in [0.4, 0.5) is 0 Å². The number of Topliss-reactive ketones (excluding diaryl/α,β-unsaturated/α-hetero) is 1. The first-order valence-electron chi connectivity index (χ1n) is 11.2. The maximum absolute atomic E-state index is 13.0. The first-order chi connectivity index (χ1) is 16.0. The van der Waals surface area contributed by atoms with E-state index in [0.717, 1.165) is 12.8 Å². The predicted molar refractivity (Wildman–Crippen MR) is 125 cm³/mol. The lowest BCUT2D eigenvalue weighted by Gasteiger charge is -2.25. The number of hydrogen-bond acceptors (Lipinski definition) is 6. The average molecular weight is 454 g/mol. The molecule has 1 amide bonds. The Bertz CT molecular complexity index is 998. The Morgan fingerprint density at radius 1 is 1.00 bits per heavy atom. The van der Waals surface area contributed by atoms with E-state index < -0.39 is 17.7 Å². The van der Waals surface area contributed by atoms with Crippen molar-refractivity contribution in [3.63, 3.8) is 0 Å². The third-order valence-electron chi connectivity index (χ3n) is 5.46. The minimum Gasteiger partial charge on any atom is -0.507 e. The van der Waals surface area contributed by atoms with Crippen molar-refractivity contribution in [1.82, 2.24) is 4.90 Å². The highest BCUT2D eigenvalue weighted by atomic mass is 16.5. The van der Waals surface area contributed by atoms with Gasteiger partial charge in [-0.3, -0.25) is 9.59 Å². The summed E-state index contributed by atoms with van der Waals surface area (Å²) < 4.78 is 16.4. The number of nitrogens with zero attached hydrogens (tertiary/aromatic N) is 1. The van der Waals surface area contributed by atoms with E-state index in [2.05, 4.69) is 6.92 Å². The molecule has 0 spiro atoms. The average Bonchev–Trinajstić information content (AvgIpc) is 3.08. The molecule has 0 bridgehead atoms. The van der Waals surface area contributed by atoms with Gasteiger partial charge in [0.05, 0.1) is 31.4 Å². The Morgan fingerprint density at radius 3 is 2.42 bits per heavy atom. The van der Waals surface area contributed by atoms with Gasteiger partial charge in [-0.25, -0.2) is 0 Å². The van der Waals surface area contributed by atoms with Crippen LogP contribution < -0.4 is 9.47 Å². The second-order valence-corrected chi connectivity index (χ2v) is 7.72. The molecule has 1 unspecified atom stereocenters. The van der Waals surface area contributed by atoms with Crippen molar-refractivity contribution < 1.29 is 28.9 Å². The first-order valence-corrected chi connectivity index (χ1v) is 11.2. The summed E-state index contributed by atoms with van der Waals surface area (Å²) in [6.07, 6.45) is 1.92. The van der Waals surface area contributed by atoms with Crippen molar-refractivity contribution in [3.05, 3.63) is 65.2 Å². The Kier molecular flexibility index (Phi) is 8.49. The fraction of sp³-hybridized carbons (Fsp3) is 0.385. The van der Waals surface area contributed by atoms with E-state index in [0.29, 0.717) is 35.8 Å². The Hall–Kier alpha value is -3.32. The number of carbonyl (C=O) groups excluding carboxylic acids is 2. The minimum absolute atomic E-state index is 0.0472. The molecule has 0 aromatic heterocycles. The van der Waals surface area contributed by atoms with Crippen molar-refractivity contribution >= 4 is 17.4 Å². The number of rotatable bonds is 11. The number of likely N-dealkylation sites (tertiary alicyclic amines) is 1. The number of amides is 1. The van der Waals surface area contributed by atoms with E-state index in [4.69, 9.17) is 14.2 Å². The molecule has 3 rings (SSSR count). The molecular formula is C26H31NO6. The molecular weight excluding hydrogens is 422 g/mol. The number of aliphatic hydroxyl groups excluding tert-OH is 1. The summed E-state index contributed by atoms with van der Waals surface area (Å²) in [4.78, 5) is 27.4. The van der Waals surface area contributed by atoms with Gasteiger partial charge in [-0.15, -0.1) is 0 Å². The number of ether oxygens (including phenoxy) is 3. The molecule has 7 heteroatoms. The van der Waals surface area contributed by atoms with Crippen LogP contribution in [0, 0.1) is 0 Å². The lowest BCUT2D eigenvalue weighted by atomic mass is 9.95. The topological polar surface area (TPSA) is 85.3 Å². The van der Waals surface area contributed by atoms with Gasteiger partial charge in [-0.2, -0.15) is 0 Å². The molecule has 0 saturated carbocycles.